The summed E-state index contributed by atoms with van der Waals surface area (Å²) in [6.45, 7) is 7.72. The fraction of sp³-hybridized carbons (Fsp3) is 0.667. The predicted octanol–water partition coefficient (Wildman–Crippen LogP) is 3.45. The Kier molecular flexibility index (Phi) is 6.14. The Balaban J connectivity index is 1.41. The van der Waals surface area contributed by atoms with Crippen molar-refractivity contribution in [2.45, 2.75) is 64.1 Å². The number of aromatic nitrogens is 4. The smallest absolute Gasteiger partial charge is 0.168 e. The van der Waals surface area contributed by atoms with Crippen molar-refractivity contribution in [1.29, 1.82) is 0 Å². The third-order valence-electron chi connectivity index (χ3n) is 6.15. The van der Waals surface area contributed by atoms with Crippen molar-refractivity contribution >= 4 is 0 Å². The van der Waals surface area contributed by atoms with Gasteiger partial charge in [0.25, 0.3) is 0 Å². The molecular weight excluding hydrogens is 336 g/mol. The molecule has 2 aromatic rings. The average molecular weight is 369 g/mol. The molecule has 2 fully saturated rings. The van der Waals surface area contributed by atoms with E-state index in [0.717, 1.165) is 51.4 Å². The zero-order chi connectivity index (χ0) is 18.5. The van der Waals surface area contributed by atoms with Gasteiger partial charge in [0.2, 0.25) is 0 Å². The van der Waals surface area contributed by atoms with Crippen molar-refractivity contribution in [2.24, 2.45) is 0 Å². The molecule has 2 heterocycles. The van der Waals surface area contributed by atoms with Crippen LogP contribution < -0.4 is 0 Å². The molecule has 1 saturated carbocycles. The second-order valence-electron chi connectivity index (χ2n) is 8.02. The van der Waals surface area contributed by atoms with Gasteiger partial charge in [0.1, 0.15) is 0 Å². The molecule has 0 amide bonds. The van der Waals surface area contributed by atoms with Crippen molar-refractivity contribution in [3.8, 4) is 0 Å². The van der Waals surface area contributed by atoms with Crippen LogP contribution in [0, 0.1) is 0 Å². The summed E-state index contributed by atoms with van der Waals surface area (Å²) in [5, 5.41) is 12.9. The SMILES string of the molecule is CCC[C@H](c1nnnn1C1CCCC1)N1CCN(Cc2ccccc2)CC1. The summed E-state index contributed by atoms with van der Waals surface area (Å²) in [5.74, 6) is 1.10. The van der Waals surface area contributed by atoms with E-state index in [2.05, 4.69) is 67.3 Å². The third-order valence-corrected chi connectivity index (χ3v) is 6.15. The maximum Gasteiger partial charge on any atom is 0.168 e. The molecule has 1 atom stereocenters. The zero-order valence-electron chi connectivity index (χ0n) is 16.5. The highest BCUT2D eigenvalue weighted by molar-refractivity contribution is 5.14. The summed E-state index contributed by atoms with van der Waals surface area (Å²) in [4.78, 5) is 5.18. The molecule has 0 N–H and O–H groups in total. The summed E-state index contributed by atoms with van der Waals surface area (Å²) >= 11 is 0. The van der Waals surface area contributed by atoms with E-state index in [1.807, 2.05) is 0 Å². The first kappa shape index (κ1) is 18.6. The molecule has 6 heteroatoms. The van der Waals surface area contributed by atoms with Crippen LogP contribution in [0.25, 0.3) is 0 Å². The van der Waals surface area contributed by atoms with Gasteiger partial charge in [-0.05, 0) is 35.3 Å². The predicted molar refractivity (Wildman–Crippen MR) is 106 cm³/mol. The lowest BCUT2D eigenvalue weighted by atomic mass is 10.1. The van der Waals surface area contributed by atoms with E-state index in [4.69, 9.17) is 0 Å². The maximum absolute atomic E-state index is 4.49. The van der Waals surface area contributed by atoms with Crippen LogP contribution in [-0.2, 0) is 6.54 Å². The van der Waals surface area contributed by atoms with Gasteiger partial charge < -0.3 is 0 Å². The molecule has 0 spiro atoms. The summed E-state index contributed by atoms with van der Waals surface area (Å²) in [7, 11) is 0. The molecule has 0 radical (unpaired) electrons. The first-order chi connectivity index (χ1) is 13.3. The number of rotatable bonds is 7. The topological polar surface area (TPSA) is 50.1 Å². The standard InChI is InChI=1S/C21H32N6/c1-2-8-20(21-22-23-24-27(21)19-11-6-7-12-19)26-15-13-25(14-16-26)17-18-9-4-3-5-10-18/h3-5,9-10,19-20H,2,6-8,11-17H2,1H3/t20-/m1/s1. The van der Waals surface area contributed by atoms with E-state index in [1.54, 1.807) is 0 Å². The Morgan fingerprint density at radius 1 is 1.04 bits per heavy atom. The van der Waals surface area contributed by atoms with Crippen LogP contribution in [0.5, 0.6) is 0 Å². The van der Waals surface area contributed by atoms with Crippen LogP contribution in [0.3, 0.4) is 0 Å². The summed E-state index contributed by atoms with van der Waals surface area (Å²) in [6, 6.07) is 11.7. The van der Waals surface area contributed by atoms with Crippen molar-refractivity contribution in [3.05, 3.63) is 41.7 Å². The van der Waals surface area contributed by atoms with Crippen LogP contribution in [0.15, 0.2) is 30.3 Å². The molecule has 27 heavy (non-hydrogen) atoms. The van der Waals surface area contributed by atoms with Gasteiger partial charge in [0.15, 0.2) is 5.82 Å². The van der Waals surface area contributed by atoms with E-state index in [9.17, 15) is 0 Å². The molecular formula is C21H32N6. The highest BCUT2D eigenvalue weighted by Gasteiger charge is 2.31. The minimum Gasteiger partial charge on any atom is -0.297 e. The highest BCUT2D eigenvalue weighted by atomic mass is 15.6. The van der Waals surface area contributed by atoms with Crippen LogP contribution in [-0.4, -0.2) is 56.2 Å². The van der Waals surface area contributed by atoms with Crippen LogP contribution in [0.2, 0.25) is 0 Å². The summed E-state index contributed by atoms with van der Waals surface area (Å²) in [5.41, 5.74) is 1.40. The normalized spacial score (nSPS) is 20.9. The minimum atomic E-state index is 0.351. The van der Waals surface area contributed by atoms with Crippen molar-refractivity contribution in [3.63, 3.8) is 0 Å². The van der Waals surface area contributed by atoms with Gasteiger partial charge in [0, 0.05) is 32.7 Å². The molecule has 2 aliphatic rings. The van der Waals surface area contributed by atoms with Crippen LogP contribution in [0.1, 0.15) is 68.9 Å². The van der Waals surface area contributed by atoms with Gasteiger partial charge in [-0.1, -0.05) is 56.5 Å². The third kappa shape index (κ3) is 4.38. The van der Waals surface area contributed by atoms with Crippen molar-refractivity contribution in [2.75, 3.05) is 26.2 Å². The molecule has 6 nitrogen and oxygen atoms in total. The Bertz CT molecular complexity index is 686. The minimum absolute atomic E-state index is 0.351. The molecule has 1 aromatic carbocycles. The summed E-state index contributed by atoms with van der Waals surface area (Å²) in [6.07, 6.45) is 7.35. The first-order valence-corrected chi connectivity index (χ1v) is 10.6. The molecule has 4 rings (SSSR count). The number of piperazine rings is 1. The van der Waals surface area contributed by atoms with Gasteiger partial charge in [-0.3, -0.25) is 9.80 Å². The molecule has 146 valence electrons. The average Bonchev–Trinajstić information content (AvgIpc) is 3.39. The molecule has 1 aliphatic heterocycles. The van der Waals surface area contributed by atoms with Gasteiger partial charge in [-0.15, -0.1) is 5.10 Å². The van der Waals surface area contributed by atoms with Gasteiger partial charge in [0.05, 0.1) is 12.1 Å². The lowest BCUT2D eigenvalue weighted by Gasteiger charge is -2.39. The fourth-order valence-electron chi connectivity index (χ4n) is 4.65. The highest BCUT2D eigenvalue weighted by Crippen LogP contribution is 2.33. The Hall–Kier alpha value is -1.79. The zero-order valence-corrected chi connectivity index (χ0v) is 16.5. The second-order valence-corrected chi connectivity index (χ2v) is 8.02. The Morgan fingerprint density at radius 3 is 2.48 bits per heavy atom. The van der Waals surface area contributed by atoms with Gasteiger partial charge >= 0.3 is 0 Å². The van der Waals surface area contributed by atoms with Crippen LogP contribution >= 0.6 is 0 Å². The Morgan fingerprint density at radius 2 is 1.78 bits per heavy atom. The lowest BCUT2D eigenvalue weighted by molar-refractivity contribution is 0.0810. The second kappa shape index (κ2) is 8.93. The maximum atomic E-state index is 4.49. The van der Waals surface area contributed by atoms with Crippen LogP contribution in [0.4, 0.5) is 0 Å². The van der Waals surface area contributed by atoms with Gasteiger partial charge in [-0.2, -0.15) is 0 Å². The monoisotopic (exact) mass is 368 g/mol. The van der Waals surface area contributed by atoms with E-state index in [0.29, 0.717) is 12.1 Å². The number of tetrazole rings is 1. The number of hydrogen-bond acceptors (Lipinski definition) is 5. The van der Waals surface area contributed by atoms with Crippen molar-refractivity contribution < 1.29 is 0 Å². The summed E-state index contributed by atoms with van der Waals surface area (Å²) < 4.78 is 2.16. The van der Waals surface area contributed by atoms with E-state index in [-0.39, 0.29) is 0 Å². The van der Waals surface area contributed by atoms with E-state index in [1.165, 1.54) is 31.2 Å². The lowest BCUT2D eigenvalue weighted by Crippen LogP contribution is -2.47. The van der Waals surface area contributed by atoms with Gasteiger partial charge in [-0.25, -0.2) is 4.68 Å². The number of benzene rings is 1. The first-order valence-electron chi connectivity index (χ1n) is 10.6. The quantitative estimate of drug-likeness (QED) is 0.749. The molecule has 1 aromatic heterocycles. The largest absolute Gasteiger partial charge is 0.297 e. The van der Waals surface area contributed by atoms with E-state index < -0.39 is 0 Å². The molecule has 0 bridgehead atoms. The molecule has 1 saturated heterocycles. The number of hydrogen-bond donors (Lipinski definition) is 0. The van der Waals surface area contributed by atoms with E-state index >= 15 is 0 Å². The number of nitrogens with zero attached hydrogens (tertiary/aromatic N) is 6. The molecule has 1 aliphatic carbocycles. The molecule has 0 unspecified atom stereocenters. The van der Waals surface area contributed by atoms with Crippen molar-refractivity contribution in [1.82, 2.24) is 30.0 Å². The fourth-order valence-corrected chi connectivity index (χ4v) is 4.65. The Labute approximate surface area is 162 Å².